The van der Waals surface area contributed by atoms with Gasteiger partial charge in [0.15, 0.2) is 6.10 Å². The molecular formula is C20H29BrN2O3. The van der Waals surface area contributed by atoms with Crippen LogP contribution in [0, 0.1) is 19.3 Å². The van der Waals surface area contributed by atoms with Crippen LogP contribution in [0.25, 0.3) is 0 Å². The molecule has 1 aliphatic carbocycles. The summed E-state index contributed by atoms with van der Waals surface area (Å²) in [6.45, 7) is 9.29. The van der Waals surface area contributed by atoms with Gasteiger partial charge in [0.05, 0.1) is 22.0 Å². The van der Waals surface area contributed by atoms with Crippen molar-refractivity contribution in [1.82, 2.24) is 4.98 Å². The van der Waals surface area contributed by atoms with E-state index in [0.717, 1.165) is 28.9 Å². The first-order valence-electron chi connectivity index (χ1n) is 9.54. The second-order valence-corrected chi connectivity index (χ2v) is 8.92. The number of aryl methyl sites for hydroxylation is 2. The summed E-state index contributed by atoms with van der Waals surface area (Å²) in [5.74, 6) is -0.614. The van der Waals surface area contributed by atoms with Crippen LogP contribution in [0.2, 0.25) is 0 Å². The summed E-state index contributed by atoms with van der Waals surface area (Å²) in [6.07, 6.45) is 4.74. The number of carbonyl (C=O) groups is 1. The van der Waals surface area contributed by atoms with E-state index in [1.165, 1.54) is 32.1 Å². The SMILES string of the molecule is Cc1nc(C)c(C(O)C(=O)OC(C)C)c(N2CCC3(CCCC3)C2)c1Br. The maximum absolute atomic E-state index is 12.4. The van der Waals surface area contributed by atoms with Gasteiger partial charge < -0.3 is 14.7 Å². The Balaban J connectivity index is 1.99. The number of esters is 1. The summed E-state index contributed by atoms with van der Waals surface area (Å²) < 4.78 is 6.12. The number of pyridine rings is 1. The first-order chi connectivity index (χ1) is 12.2. The topological polar surface area (TPSA) is 62.7 Å². The largest absolute Gasteiger partial charge is 0.461 e. The molecule has 1 saturated carbocycles. The smallest absolute Gasteiger partial charge is 0.340 e. The number of aromatic nitrogens is 1. The van der Waals surface area contributed by atoms with Crippen LogP contribution in [0.5, 0.6) is 0 Å². The fourth-order valence-electron chi connectivity index (χ4n) is 4.53. The highest BCUT2D eigenvalue weighted by Gasteiger charge is 2.42. The van der Waals surface area contributed by atoms with Gasteiger partial charge in [0, 0.05) is 24.3 Å². The summed E-state index contributed by atoms with van der Waals surface area (Å²) in [4.78, 5) is 19.3. The minimum absolute atomic E-state index is 0.267. The van der Waals surface area contributed by atoms with Crippen LogP contribution in [0.3, 0.4) is 0 Å². The number of aliphatic hydroxyl groups excluding tert-OH is 1. The van der Waals surface area contributed by atoms with Gasteiger partial charge in [-0.25, -0.2) is 4.79 Å². The zero-order chi connectivity index (χ0) is 19.1. The molecule has 2 aliphatic rings. The van der Waals surface area contributed by atoms with E-state index in [2.05, 4.69) is 25.8 Å². The van der Waals surface area contributed by atoms with Crippen molar-refractivity contribution in [3.63, 3.8) is 0 Å². The number of rotatable bonds is 4. The van der Waals surface area contributed by atoms with Crippen LogP contribution in [-0.2, 0) is 9.53 Å². The van der Waals surface area contributed by atoms with Crippen molar-refractivity contribution < 1.29 is 14.6 Å². The molecule has 1 aromatic rings. The molecule has 2 heterocycles. The van der Waals surface area contributed by atoms with E-state index in [-0.39, 0.29) is 6.10 Å². The van der Waals surface area contributed by atoms with Gasteiger partial charge >= 0.3 is 5.97 Å². The monoisotopic (exact) mass is 424 g/mol. The molecule has 0 radical (unpaired) electrons. The molecule has 1 N–H and O–H groups in total. The molecule has 0 bridgehead atoms. The number of halogens is 1. The average Bonchev–Trinajstić information content (AvgIpc) is 3.19. The Morgan fingerprint density at radius 2 is 1.88 bits per heavy atom. The zero-order valence-electron chi connectivity index (χ0n) is 16.1. The lowest BCUT2D eigenvalue weighted by molar-refractivity contribution is -0.157. The van der Waals surface area contributed by atoms with Crippen LogP contribution >= 0.6 is 15.9 Å². The standard InChI is InChI=1S/C20H29BrN2O3/c1-12(2)26-19(25)18(24)15-13(3)22-14(4)16(21)17(15)23-10-9-20(11-23)7-5-6-8-20/h12,18,24H,5-11H2,1-4H3. The third-order valence-electron chi connectivity index (χ3n) is 5.77. The summed E-state index contributed by atoms with van der Waals surface area (Å²) in [7, 11) is 0. The molecule has 1 spiro atoms. The second kappa shape index (κ2) is 7.47. The molecule has 3 rings (SSSR count). The highest BCUT2D eigenvalue weighted by Crippen LogP contribution is 2.49. The minimum atomic E-state index is -1.32. The molecule has 1 aliphatic heterocycles. The van der Waals surface area contributed by atoms with Gasteiger partial charge in [0.2, 0.25) is 0 Å². The molecule has 1 aromatic heterocycles. The van der Waals surface area contributed by atoms with Crippen LogP contribution < -0.4 is 4.90 Å². The minimum Gasteiger partial charge on any atom is -0.461 e. The van der Waals surface area contributed by atoms with Crippen LogP contribution in [-0.4, -0.2) is 35.3 Å². The lowest BCUT2D eigenvalue weighted by atomic mass is 9.86. The number of ether oxygens (including phenoxy) is 1. The molecule has 1 saturated heterocycles. The molecule has 5 nitrogen and oxygen atoms in total. The number of hydrogen-bond donors (Lipinski definition) is 1. The number of aliphatic hydroxyl groups is 1. The molecule has 0 amide bonds. The highest BCUT2D eigenvalue weighted by molar-refractivity contribution is 9.10. The quantitative estimate of drug-likeness (QED) is 0.733. The number of hydrogen-bond acceptors (Lipinski definition) is 5. The Labute approximate surface area is 164 Å². The van der Waals surface area contributed by atoms with Crippen molar-refractivity contribution in [2.75, 3.05) is 18.0 Å². The second-order valence-electron chi connectivity index (χ2n) is 8.13. The summed E-state index contributed by atoms with van der Waals surface area (Å²) in [6, 6.07) is 0. The van der Waals surface area contributed by atoms with E-state index in [1.54, 1.807) is 13.8 Å². The Morgan fingerprint density at radius 1 is 1.23 bits per heavy atom. The van der Waals surface area contributed by atoms with Gasteiger partial charge in [-0.15, -0.1) is 0 Å². The summed E-state index contributed by atoms with van der Waals surface area (Å²) in [5.41, 5.74) is 3.43. The van der Waals surface area contributed by atoms with E-state index in [1.807, 2.05) is 13.8 Å². The molecule has 2 fully saturated rings. The summed E-state index contributed by atoms with van der Waals surface area (Å²) in [5, 5.41) is 10.8. The fourth-order valence-corrected chi connectivity index (χ4v) is 5.09. The normalized spacial score (nSPS) is 20.2. The molecule has 144 valence electrons. The molecule has 1 unspecified atom stereocenters. The van der Waals surface area contributed by atoms with Crippen LogP contribution in [0.1, 0.15) is 69.0 Å². The lowest BCUT2D eigenvalue weighted by Gasteiger charge is -2.29. The Morgan fingerprint density at radius 3 is 2.50 bits per heavy atom. The Bertz CT molecular complexity index is 699. The number of anilines is 1. The fraction of sp³-hybridized carbons (Fsp3) is 0.700. The van der Waals surface area contributed by atoms with Crippen molar-refractivity contribution in [2.45, 2.75) is 72.0 Å². The lowest BCUT2D eigenvalue weighted by Crippen LogP contribution is -2.29. The molecular weight excluding hydrogens is 396 g/mol. The maximum atomic E-state index is 12.4. The molecule has 6 heteroatoms. The van der Waals surface area contributed by atoms with Gasteiger partial charge in [-0.3, -0.25) is 4.98 Å². The van der Waals surface area contributed by atoms with E-state index < -0.39 is 12.1 Å². The number of nitrogens with zero attached hydrogens (tertiary/aromatic N) is 2. The van der Waals surface area contributed by atoms with Crippen molar-refractivity contribution in [1.29, 1.82) is 0 Å². The van der Waals surface area contributed by atoms with Crippen molar-refractivity contribution in [2.24, 2.45) is 5.41 Å². The van der Waals surface area contributed by atoms with Gasteiger partial charge in [-0.1, -0.05) is 12.8 Å². The van der Waals surface area contributed by atoms with Gasteiger partial charge in [0.1, 0.15) is 0 Å². The van der Waals surface area contributed by atoms with E-state index in [9.17, 15) is 9.90 Å². The van der Waals surface area contributed by atoms with Crippen molar-refractivity contribution in [3.8, 4) is 0 Å². The van der Waals surface area contributed by atoms with Crippen LogP contribution in [0.15, 0.2) is 4.47 Å². The number of carbonyl (C=O) groups excluding carboxylic acids is 1. The van der Waals surface area contributed by atoms with Gasteiger partial charge in [0.25, 0.3) is 0 Å². The van der Waals surface area contributed by atoms with Crippen LogP contribution in [0.4, 0.5) is 5.69 Å². The zero-order valence-corrected chi connectivity index (χ0v) is 17.7. The Hall–Kier alpha value is -1.14. The first-order valence-corrected chi connectivity index (χ1v) is 10.3. The van der Waals surface area contributed by atoms with Gasteiger partial charge in [-0.2, -0.15) is 0 Å². The maximum Gasteiger partial charge on any atom is 0.340 e. The van der Waals surface area contributed by atoms with Crippen molar-refractivity contribution in [3.05, 3.63) is 21.4 Å². The van der Waals surface area contributed by atoms with E-state index >= 15 is 0 Å². The van der Waals surface area contributed by atoms with E-state index in [0.29, 0.717) is 16.7 Å². The predicted octanol–water partition coefficient (Wildman–Crippen LogP) is 4.22. The third kappa shape index (κ3) is 3.63. The predicted molar refractivity (Wildman–Crippen MR) is 105 cm³/mol. The molecule has 0 aromatic carbocycles. The molecule has 1 atom stereocenters. The first kappa shape index (κ1) is 19.6. The summed E-state index contributed by atoms with van der Waals surface area (Å²) >= 11 is 3.67. The molecule has 26 heavy (non-hydrogen) atoms. The third-order valence-corrected chi connectivity index (χ3v) is 6.72. The van der Waals surface area contributed by atoms with Crippen molar-refractivity contribution >= 4 is 27.6 Å². The average molecular weight is 425 g/mol. The Kier molecular flexibility index (Phi) is 5.63. The van der Waals surface area contributed by atoms with Gasteiger partial charge in [-0.05, 0) is 68.3 Å². The van der Waals surface area contributed by atoms with E-state index in [4.69, 9.17) is 4.74 Å². The highest BCUT2D eigenvalue weighted by atomic mass is 79.9.